The predicted molar refractivity (Wildman–Crippen MR) is 77.7 cm³/mol. The number of likely N-dealkylation sites (tertiary alicyclic amines) is 1. The molecule has 1 saturated heterocycles. The molecular weight excluding hydrogens is 278 g/mol. The largest absolute Gasteiger partial charge is 0.383 e. The first-order valence-corrected chi connectivity index (χ1v) is 8.48. The lowest BCUT2D eigenvalue weighted by Gasteiger charge is -2.14. The van der Waals surface area contributed by atoms with Gasteiger partial charge in [-0.3, -0.25) is 4.68 Å². The van der Waals surface area contributed by atoms with E-state index in [4.69, 9.17) is 5.73 Å². The Balaban J connectivity index is 1.74. The molecule has 20 heavy (non-hydrogen) atoms. The number of nitrogen functional groups attached to an aromatic ring is 1. The molecule has 0 aromatic carbocycles. The quantitative estimate of drug-likeness (QED) is 0.700. The number of anilines is 1. The van der Waals surface area contributed by atoms with Gasteiger partial charge < -0.3 is 10.6 Å². The normalized spacial score (nSPS) is 16.9. The summed E-state index contributed by atoms with van der Waals surface area (Å²) < 4.78 is 28.0. The van der Waals surface area contributed by atoms with Gasteiger partial charge in [0.05, 0.1) is 6.20 Å². The Kier molecular flexibility index (Phi) is 5.00. The van der Waals surface area contributed by atoms with Crippen LogP contribution in [0.5, 0.6) is 0 Å². The summed E-state index contributed by atoms with van der Waals surface area (Å²) in [4.78, 5) is 2.48. The smallest absolute Gasteiger partial charge is 0.245 e. The Bertz CT molecular complexity index is 534. The van der Waals surface area contributed by atoms with Gasteiger partial charge in [0.2, 0.25) is 10.0 Å². The summed E-state index contributed by atoms with van der Waals surface area (Å²) >= 11 is 0. The SMILES string of the molecule is Cn1ncc(S(=O)(=O)NCCCCN2CCCC2)c1N. The Morgan fingerprint density at radius 3 is 2.65 bits per heavy atom. The number of nitrogens with two attached hydrogens (primary N) is 1. The highest BCUT2D eigenvalue weighted by Gasteiger charge is 2.20. The lowest BCUT2D eigenvalue weighted by Crippen LogP contribution is -2.26. The molecule has 0 radical (unpaired) electrons. The number of nitrogens with zero attached hydrogens (tertiary/aromatic N) is 3. The molecule has 0 aliphatic carbocycles. The van der Waals surface area contributed by atoms with E-state index in [9.17, 15) is 8.42 Å². The maximum absolute atomic E-state index is 12.0. The third-order valence-electron chi connectivity index (χ3n) is 3.63. The minimum atomic E-state index is -3.54. The van der Waals surface area contributed by atoms with E-state index in [-0.39, 0.29) is 10.7 Å². The lowest BCUT2D eigenvalue weighted by atomic mass is 10.3. The molecule has 1 aliphatic rings. The van der Waals surface area contributed by atoms with Crippen LogP contribution in [0.1, 0.15) is 25.7 Å². The number of unbranched alkanes of at least 4 members (excludes halogenated alkanes) is 1. The molecule has 7 nitrogen and oxygen atoms in total. The van der Waals surface area contributed by atoms with Gasteiger partial charge in [-0.2, -0.15) is 5.10 Å². The Labute approximate surface area is 120 Å². The molecule has 1 aliphatic heterocycles. The molecular formula is C12H23N5O2S. The monoisotopic (exact) mass is 301 g/mol. The second-order valence-electron chi connectivity index (χ2n) is 5.17. The van der Waals surface area contributed by atoms with Crippen molar-refractivity contribution in [2.24, 2.45) is 7.05 Å². The van der Waals surface area contributed by atoms with E-state index in [2.05, 4.69) is 14.7 Å². The number of aryl methyl sites for hydroxylation is 1. The first-order valence-electron chi connectivity index (χ1n) is 7.00. The highest BCUT2D eigenvalue weighted by molar-refractivity contribution is 7.89. The predicted octanol–water partition coefficient (Wildman–Crippen LogP) is 0.157. The van der Waals surface area contributed by atoms with Gasteiger partial charge in [0, 0.05) is 13.6 Å². The molecule has 1 aromatic rings. The summed E-state index contributed by atoms with van der Waals surface area (Å²) in [7, 11) is -1.93. The fourth-order valence-corrected chi connectivity index (χ4v) is 3.55. The summed E-state index contributed by atoms with van der Waals surface area (Å²) in [5, 5.41) is 3.84. The van der Waals surface area contributed by atoms with Gasteiger partial charge in [-0.05, 0) is 45.3 Å². The first-order chi connectivity index (χ1) is 9.50. The zero-order chi connectivity index (χ0) is 14.6. The van der Waals surface area contributed by atoms with E-state index < -0.39 is 10.0 Å². The molecule has 0 bridgehead atoms. The fraction of sp³-hybridized carbons (Fsp3) is 0.750. The number of aromatic nitrogens is 2. The Hall–Kier alpha value is -1.12. The van der Waals surface area contributed by atoms with Crippen LogP contribution in [0.2, 0.25) is 0 Å². The summed E-state index contributed by atoms with van der Waals surface area (Å²) in [6.45, 7) is 3.84. The molecule has 1 fully saturated rings. The van der Waals surface area contributed by atoms with Crippen LogP contribution < -0.4 is 10.5 Å². The van der Waals surface area contributed by atoms with Crippen molar-refractivity contribution in [2.45, 2.75) is 30.6 Å². The van der Waals surface area contributed by atoms with Crippen molar-refractivity contribution in [2.75, 3.05) is 31.9 Å². The van der Waals surface area contributed by atoms with Crippen LogP contribution in [-0.4, -0.2) is 49.3 Å². The number of hydrogen-bond acceptors (Lipinski definition) is 5. The number of rotatable bonds is 7. The van der Waals surface area contributed by atoms with Gasteiger partial charge in [-0.15, -0.1) is 0 Å². The van der Waals surface area contributed by atoms with Crippen LogP contribution in [0.15, 0.2) is 11.1 Å². The van der Waals surface area contributed by atoms with E-state index in [1.807, 2.05) is 0 Å². The van der Waals surface area contributed by atoms with Crippen LogP contribution >= 0.6 is 0 Å². The molecule has 1 aromatic heterocycles. The second-order valence-corrected chi connectivity index (χ2v) is 6.91. The Morgan fingerprint density at radius 2 is 2.05 bits per heavy atom. The molecule has 0 saturated carbocycles. The van der Waals surface area contributed by atoms with Crippen molar-refractivity contribution in [1.82, 2.24) is 19.4 Å². The van der Waals surface area contributed by atoms with Crippen molar-refractivity contribution in [1.29, 1.82) is 0 Å². The van der Waals surface area contributed by atoms with Crippen molar-refractivity contribution in [3.8, 4) is 0 Å². The number of sulfonamides is 1. The van der Waals surface area contributed by atoms with E-state index in [0.29, 0.717) is 6.54 Å². The molecule has 2 heterocycles. The van der Waals surface area contributed by atoms with E-state index in [1.165, 1.54) is 36.8 Å². The Morgan fingerprint density at radius 1 is 1.35 bits per heavy atom. The topological polar surface area (TPSA) is 93.2 Å². The van der Waals surface area contributed by atoms with Crippen LogP contribution in [0, 0.1) is 0 Å². The number of hydrogen-bond donors (Lipinski definition) is 2. The zero-order valence-electron chi connectivity index (χ0n) is 11.9. The maximum atomic E-state index is 12.0. The standard InChI is InChI=1S/C12H23N5O2S/c1-16-12(13)11(10-14-16)20(18,19)15-6-2-3-7-17-8-4-5-9-17/h10,15H,2-9,13H2,1H3. The molecule has 0 unspecified atom stereocenters. The van der Waals surface area contributed by atoms with Crippen molar-refractivity contribution >= 4 is 15.8 Å². The summed E-state index contributed by atoms with van der Waals surface area (Å²) in [5.41, 5.74) is 5.68. The van der Waals surface area contributed by atoms with Crippen LogP contribution in [-0.2, 0) is 17.1 Å². The van der Waals surface area contributed by atoms with Crippen LogP contribution in [0.3, 0.4) is 0 Å². The van der Waals surface area contributed by atoms with Gasteiger partial charge in [0.15, 0.2) is 0 Å². The summed E-state index contributed by atoms with van der Waals surface area (Å²) in [6, 6.07) is 0. The highest BCUT2D eigenvalue weighted by atomic mass is 32.2. The van der Waals surface area contributed by atoms with Gasteiger partial charge in [-0.25, -0.2) is 13.1 Å². The minimum Gasteiger partial charge on any atom is -0.383 e. The van der Waals surface area contributed by atoms with Gasteiger partial charge >= 0.3 is 0 Å². The maximum Gasteiger partial charge on any atom is 0.245 e. The highest BCUT2D eigenvalue weighted by Crippen LogP contribution is 2.16. The number of nitrogens with one attached hydrogen (secondary N) is 1. The average Bonchev–Trinajstić information content (AvgIpc) is 3.01. The second kappa shape index (κ2) is 6.55. The zero-order valence-corrected chi connectivity index (χ0v) is 12.7. The first kappa shape index (κ1) is 15.3. The summed E-state index contributed by atoms with van der Waals surface area (Å²) in [6.07, 6.45) is 5.68. The molecule has 3 N–H and O–H groups in total. The third-order valence-corrected chi connectivity index (χ3v) is 5.11. The fourth-order valence-electron chi connectivity index (χ4n) is 2.38. The van der Waals surface area contributed by atoms with Crippen LogP contribution in [0.25, 0.3) is 0 Å². The van der Waals surface area contributed by atoms with Gasteiger partial charge in [0.25, 0.3) is 0 Å². The van der Waals surface area contributed by atoms with Crippen LogP contribution in [0.4, 0.5) is 5.82 Å². The molecule has 8 heteroatoms. The lowest BCUT2D eigenvalue weighted by molar-refractivity contribution is 0.330. The molecule has 0 atom stereocenters. The molecule has 2 rings (SSSR count). The van der Waals surface area contributed by atoms with Gasteiger partial charge in [0.1, 0.15) is 10.7 Å². The summed E-state index contributed by atoms with van der Waals surface area (Å²) in [5.74, 6) is 0.162. The van der Waals surface area contributed by atoms with Crippen molar-refractivity contribution in [3.63, 3.8) is 0 Å². The minimum absolute atomic E-state index is 0.0551. The van der Waals surface area contributed by atoms with E-state index in [0.717, 1.165) is 19.4 Å². The third kappa shape index (κ3) is 3.71. The van der Waals surface area contributed by atoms with E-state index in [1.54, 1.807) is 7.05 Å². The van der Waals surface area contributed by atoms with E-state index >= 15 is 0 Å². The molecule has 0 amide bonds. The molecule has 0 spiro atoms. The van der Waals surface area contributed by atoms with Crippen molar-refractivity contribution in [3.05, 3.63) is 6.20 Å². The molecule has 114 valence electrons. The van der Waals surface area contributed by atoms with Gasteiger partial charge in [-0.1, -0.05) is 0 Å². The average molecular weight is 301 g/mol. The van der Waals surface area contributed by atoms with Crippen molar-refractivity contribution < 1.29 is 8.42 Å².